The Balaban J connectivity index is 0.000000203. The molecule has 18 unspecified atom stereocenters. The molecule has 20 nitrogen and oxygen atoms in total. The van der Waals surface area contributed by atoms with E-state index in [2.05, 4.69) is 0 Å². The van der Waals surface area contributed by atoms with Gasteiger partial charge >= 0.3 is 47.8 Å². The summed E-state index contributed by atoms with van der Waals surface area (Å²) in [7, 11) is 4.47. The van der Waals surface area contributed by atoms with E-state index < -0.39 is 10.8 Å². The molecule has 83 heavy (non-hydrogen) atoms. The second-order valence-corrected chi connectivity index (χ2v) is 26.0. The summed E-state index contributed by atoms with van der Waals surface area (Å²) in [5.74, 6) is 0.147. The van der Waals surface area contributed by atoms with Crippen molar-refractivity contribution in [1.29, 1.82) is 0 Å². The maximum absolute atomic E-state index is 12.2. The van der Waals surface area contributed by atoms with Crippen LogP contribution in [-0.2, 0) is 95.2 Å². The van der Waals surface area contributed by atoms with E-state index in [1.165, 1.54) is 21.3 Å². The molecule has 8 fully saturated rings. The quantitative estimate of drug-likeness (QED) is 0.0357. The van der Waals surface area contributed by atoms with Crippen LogP contribution in [0.15, 0.2) is 0 Å². The molecule has 8 aliphatic carbocycles. The van der Waals surface area contributed by atoms with Gasteiger partial charge in [-0.05, 0) is 161 Å². The average Bonchev–Trinajstić information content (AvgIpc) is 4.04. The molecule has 8 rings (SSSR count). The molecule has 0 N–H and O–H groups in total. The lowest BCUT2D eigenvalue weighted by molar-refractivity contribution is -0.171. The third kappa shape index (κ3) is 18.6. The van der Waals surface area contributed by atoms with Crippen molar-refractivity contribution >= 4 is 47.8 Å². The van der Waals surface area contributed by atoms with Gasteiger partial charge in [-0.3, -0.25) is 38.4 Å². The number of hydrogen-bond donors (Lipinski definition) is 0. The van der Waals surface area contributed by atoms with Gasteiger partial charge in [0.2, 0.25) is 0 Å². The molecule has 8 bridgehead atoms. The first-order valence-electron chi connectivity index (χ1n) is 30.9. The van der Waals surface area contributed by atoms with Gasteiger partial charge in [0, 0.05) is 51.6 Å². The summed E-state index contributed by atoms with van der Waals surface area (Å²) in [6, 6.07) is 0. The van der Waals surface area contributed by atoms with E-state index in [0.717, 1.165) is 103 Å². The molecule has 0 aromatic carbocycles. The predicted molar refractivity (Wildman–Crippen MR) is 300 cm³/mol. The highest BCUT2D eigenvalue weighted by atomic mass is 16.7. The van der Waals surface area contributed by atoms with Crippen LogP contribution in [0.1, 0.15) is 179 Å². The van der Waals surface area contributed by atoms with E-state index in [-0.39, 0.29) is 159 Å². The molecule has 0 heterocycles. The van der Waals surface area contributed by atoms with Crippen molar-refractivity contribution in [3.05, 3.63) is 0 Å². The maximum Gasteiger partial charge on any atom is 0.311 e. The molecule has 0 radical (unpaired) electrons. The summed E-state index contributed by atoms with van der Waals surface area (Å²) >= 11 is 0. The van der Waals surface area contributed by atoms with Gasteiger partial charge < -0.3 is 56.8 Å². The van der Waals surface area contributed by atoms with Crippen LogP contribution >= 0.6 is 0 Å². The van der Waals surface area contributed by atoms with Gasteiger partial charge in [0.25, 0.3) is 0 Å². The third-order valence-electron chi connectivity index (χ3n) is 19.6. The van der Waals surface area contributed by atoms with Crippen LogP contribution in [-0.4, -0.2) is 127 Å². The van der Waals surface area contributed by atoms with Gasteiger partial charge in [0.15, 0.2) is 27.2 Å². The number of esters is 8. The Morgan fingerprint density at radius 1 is 0.386 bits per heavy atom. The van der Waals surface area contributed by atoms with Crippen LogP contribution in [0.4, 0.5) is 0 Å². The van der Waals surface area contributed by atoms with Gasteiger partial charge in [0.1, 0.15) is 24.4 Å². The Hall–Kier alpha value is -4.40. The second kappa shape index (κ2) is 32.4. The van der Waals surface area contributed by atoms with Crippen molar-refractivity contribution < 1.29 is 95.2 Å². The number of ether oxygens (including phenoxy) is 12. The van der Waals surface area contributed by atoms with Crippen molar-refractivity contribution in [2.45, 2.75) is 203 Å². The monoisotopic (exact) mass is 1180 g/mol. The molecular weight excluding hydrogens is 1080 g/mol. The topological polar surface area (TPSA) is 247 Å². The fourth-order valence-corrected chi connectivity index (χ4v) is 13.5. The molecule has 0 spiro atoms. The predicted octanol–water partition coefficient (Wildman–Crippen LogP) is 9.72. The van der Waals surface area contributed by atoms with Crippen molar-refractivity contribution in [3.8, 4) is 0 Å². The minimum absolute atomic E-state index is 0.00988. The average molecular weight is 1180 g/mol. The molecule has 474 valence electrons. The normalized spacial score (nSPS) is 31.8. The first kappa shape index (κ1) is 69.4. The van der Waals surface area contributed by atoms with E-state index in [1.807, 2.05) is 76.2 Å². The fraction of sp³-hybridized carbons (Fsp3) is 0.873. The van der Waals surface area contributed by atoms with Gasteiger partial charge in [-0.25, -0.2) is 0 Å². The molecule has 18 atom stereocenters. The number of methoxy groups -OCH3 is 3. The first-order valence-corrected chi connectivity index (χ1v) is 30.9. The molecule has 0 saturated heterocycles. The minimum Gasteiger partial charge on any atom is -0.462 e. The van der Waals surface area contributed by atoms with Crippen molar-refractivity contribution in [3.63, 3.8) is 0 Å². The third-order valence-corrected chi connectivity index (χ3v) is 19.6. The lowest BCUT2D eigenvalue weighted by Gasteiger charge is -2.30. The van der Waals surface area contributed by atoms with Gasteiger partial charge in [0.05, 0.1) is 46.3 Å². The van der Waals surface area contributed by atoms with Gasteiger partial charge in [-0.1, -0.05) is 41.5 Å². The second-order valence-electron chi connectivity index (χ2n) is 26.0. The van der Waals surface area contributed by atoms with Crippen LogP contribution in [0.3, 0.4) is 0 Å². The first-order chi connectivity index (χ1) is 39.4. The van der Waals surface area contributed by atoms with E-state index in [9.17, 15) is 38.4 Å². The van der Waals surface area contributed by atoms with Crippen LogP contribution < -0.4 is 0 Å². The number of hydrogen-bond acceptors (Lipinski definition) is 20. The summed E-state index contributed by atoms with van der Waals surface area (Å²) < 4.78 is 62.3. The summed E-state index contributed by atoms with van der Waals surface area (Å²) in [5.41, 5.74) is -0.929. The summed E-state index contributed by atoms with van der Waals surface area (Å²) in [6.45, 7) is 21.6. The number of fused-ring (bicyclic) bond motifs is 8. The highest BCUT2D eigenvalue weighted by Gasteiger charge is 2.55. The summed E-state index contributed by atoms with van der Waals surface area (Å²) in [6.07, 6.45) is 13.3. The zero-order chi connectivity index (χ0) is 61.3. The van der Waals surface area contributed by atoms with E-state index in [0.29, 0.717) is 30.3 Å². The van der Waals surface area contributed by atoms with Gasteiger partial charge in [-0.2, -0.15) is 0 Å². The highest BCUT2D eigenvalue weighted by molar-refractivity contribution is 5.78. The van der Waals surface area contributed by atoms with Crippen molar-refractivity contribution in [2.75, 3.05) is 55.1 Å². The Bertz CT molecular complexity index is 2070. The molecule has 8 aliphatic rings. The Kier molecular flexibility index (Phi) is 27.1. The maximum atomic E-state index is 12.2. The van der Waals surface area contributed by atoms with E-state index >= 15 is 0 Å². The number of carbonyl (C=O) groups is 8. The number of rotatable bonds is 25. The van der Waals surface area contributed by atoms with E-state index in [4.69, 9.17) is 56.8 Å². The van der Waals surface area contributed by atoms with Crippen LogP contribution in [0.2, 0.25) is 0 Å². The Morgan fingerprint density at radius 3 is 0.880 bits per heavy atom. The van der Waals surface area contributed by atoms with E-state index in [1.54, 1.807) is 0 Å². The molecule has 0 aromatic rings. The Labute approximate surface area is 493 Å². The van der Waals surface area contributed by atoms with Crippen molar-refractivity contribution in [1.82, 2.24) is 0 Å². The van der Waals surface area contributed by atoms with Crippen LogP contribution in [0.25, 0.3) is 0 Å². The number of carbonyl (C=O) groups excluding carboxylic acids is 8. The summed E-state index contributed by atoms with van der Waals surface area (Å²) in [4.78, 5) is 96.4. The van der Waals surface area contributed by atoms with Crippen LogP contribution in [0, 0.1) is 93.7 Å². The van der Waals surface area contributed by atoms with Crippen LogP contribution in [0.5, 0.6) is 0 Å². The molecule has 0 aromatic heterocycles. The van der Waals surface area contributed by atoms with Crippen molar-refractivity contribution in [2.24, 2.45) is 93.7 Å². The zero-order valence-corrected chi connectivity index (χ0v) is 52.4. The molecule has 20 heteroatoms. The lowest BCUT2D eigenvalue weighted by Crippen LogP contribution is -2.37. The lowest BCUT2D eigenvalue weighted by atomic mass is 9.86. The Morgan fingerprint density at radius 2 is 0.651 bits per heavy atom. The summed E-state index contributed by atoms with van der Waals surface area (Å²) in [5, 5.41) is 0. The minimum atomic E-state index is -0.464. The highest BCUT2D eigenvalue weighted by Crippen LogP contribution is 2.54. The fourth-order valence-electron chi connectivity index (χ4n) is 13.5. The SMILES string of the molecule is CCC(C)(C)C(=O)OC1CC2CC(C(=O)OCOC)C1C2.CCC(C)(C)C(=O)OC1CC2CC(C(=O)OCOC)C1C2.CCC(C)C(=O)OC1CC2CC(C(=O)OCOC)C1C2.CCOCOC(=O)C1CC2CC(OC(=O)C(C)CC)C1C2. The standard InChI is InChI=1S/3C16H26O5.C15H24O5/c2*1-5-16(2,3)15(18)21-13-8-10-6-11(13)12(7-10)14(17)20-9-19-4;1-4-10(3)15(17)21-14-8-11-6-12(14)13(7-11)16(18)20-9-19-5-2;1-4-9(2)14(16)20-13-7-10-5-11(13)12(6-10)15(17)19-8-18-3/h2*10-13H,5-9H2,1-4H3;10-14H,4-9H2,1-3H3;9-13H,4-8H2,1-3H3. The molecule has 8 saturated carbocycles. The molecule has 0 aliphatic heterocycles. The largest absolute Gasteiger partial charge is 0.462 e. The molecular formula is C63H102O20. The zero-order valence-electron chi connectivity index (χ0n) is 52.4. The smallest absolute Gasteiger partial charge is 0.311 e. The van der Waals surface area contributed by atoms with Gasteiger partial charge in [-0.15, -0.1) is 0 Å². The molecule has 0 amide bonds.